The number of benzene rings is 1. The van der Waals surface area contributed by atoms with Crippen molar-refractivity contribution in [2.75, 3.05) is 5.32 Å². The first-order valence-electron chi connectivity index (χ1n) is 6.11. The maximum atomic E-state index is 4.29. The first kappa shape index (κ1) is 11.5. The molecule has 0 fully saturated rings. The Bertz CT molecular complexity index is 654. The lowest BCUT2D eigenvalue weighted by molar-refractivity contribution is 0.813. The molecule has 5 nitrogen and oxygen atoms in total. The molecule has 0 atom stereocenters. The number of aryl methyl sites for hydroxylation is 1. The lowest BCUT2D eigenvalue weighted by atomic mass is 10.2. The van der Waals surface area contributed by atoms with Crippen molar-refractivity contribution >= 4 is 5.69 Å². The smallest absolute Gasteiger partial charge is 0.127 e. The van der Waals surface area contributed by atoms with Crippen molar-refractivity contribution < 1.29 is 0 Å². The van der Waals surface area contributed by atoms with Crippen LogP contribution in [0.5, 0.6) is 0 Å². The normalized spacial score (nSPS) is 10.6. The van der Waals surface area contributed by atoms with E-state index in [0.29, 0.717) is 6.54 Å². The summed E-state index contributed by atoms with van der Waals surface area (Å²) in [6, 6.07) is 8.21. The molecular weight excluding hydrogens is 238 g/mol. The minimum absolute atomic E-state index is 0.705. The Hall–Kier alpha value is -2.56. The molecule has 1 N–H and O–H groups in total. The highest BCUT2D eigenvalue weighted by molar-refractivity contribution is 5.51. The minimum atomic E-state index is 0.705. The Morgan fingerprint density at radius 2 is 2.16 bits per heavy atom. The second-order valence-electron chi connectivity index (χ2n) is 4.33. The molecule has 0 spiro atoms. The summed E-state index contributed by atoms with van der Waals surface area (Å²) in [6.07, 6.45) is 9.24. The summed E-state index contributed by atoms with van der Waals surface area (Å²) >= 11 is 0. The van der Waals surface area contributed by atoms with E-state index in [2.05, 4.69) is 21.4 Å². The molecule has 0 unspecified atom stereocenters. The van der Waals surface area contributed by atoms with Crippen LogP contribution in [0.15, 0.2) is 55.4 Å². The number of imidazole rings is 2. The van der Waals surface area contributed by atoms with Gasteiger partial charge >= 0.3 is 0 Å². The van der Waals surface area contributed by atoms with Gasteiger partial charge in [-0.1, -0.05) is 6.07 Å². The SMILES string of the molecule is Cn1ccnc1CNc1cccc(-n2ccnc2)c1. The molecule has 0 saturated carbocycles. The Morgan fingerprint density at radius 3 is 2.89 bits per heavy atom. The van der Waals surface area contributed by atoms with Crippen LogP contribution in [-0.4, -0.2) is 19.1 Å². The quantitative estimate of drug-likeness (QED) is 0.775. The predicted octanol–water partition coefficient (Wildman–Crippen LogP) is 2.22. The number of nitrogens with one attached hydrogen (secondary N) is 1. The third-order valence-electron chi connectivity index (χ3n) is 3.02. The van der Waals surface area contributed by atoms with Crippen molar-refractivity contribution in [1.82, 2.24) is 19.1 Å². The van der Waals surface area contributed by atoms with Crippen molar-refractivity contribution in [2.45, 2.75) is 6.54 Å². The van der Waals surface area contributed by atoms with E-state index in [1.165, 1.54) is 0 Å². The van der Waals surface area contributed by atoms with Crippen LogP contribution in [0.3, 0.4) is 0 Å². The first-order valence-corrected chi connectivity index (χ1v) is 6.11. The predicted molar refractivity (Wildman–Crippen MR) is 74.1 cm³/mol. The van der Waals surface area contributed by atoms with E-state index in [9.17, 15) is 0 Å². The van der Waals surface area contributed by atoms with Crippen LogP contribution in [0.2, 0.25) is 0 Å². The van der Waals surface area contributed by atoms with E-state index >= 15 is 0 Å². The highest BCUT2D eigenvalue weighted by atomic mass is 15.1. The van der Waals surface area contributed by atoms with Gasteiger partial charge in [-0.25, -0.2) is 9.97 Å². The molecule has 5 heteroatoms. The Kier molecular flexibility index (Phi) is 3.02. The van der Waals surface area contributed by atoms with Gasteiger partial charge in [0.1, 0.15) is 5.82 Å². The van der Waals surface area contributed by atoms with Gasteiger partial charge in [0.2, 0.25) is 0 Å². The van der Waals surface area contributed by atoms with Crippen LogP contribution in [0.4, 0.5) is 5.69 Å². The van der Waals surface area contributed by atoms with Crippen LogP contribution in [0.25, 0.3) is 5.69 Å². The van der Waals surface area contributed by atoms with Gasteiger partial charge in [-0.3, -0.25) is 0 Å². The zero-order chi connectivity index (χ0) is 13.1. The Balaban J connectivity index is 1.75. The fourth-order valence-corrected chi connectivity index (χ4v) is 1.94. The third-order valence-corrected chi connectivity index (χ3v) is 3.02. The summed E-state index contributed by atoms with van der Waals surface area (Å²) in [6.45, 7) is 0.705. The van der Waals surface area contributed by atoms with E-state index in [1.807, 2.05) is 46.8 Å². The zero-order valence-corrected chi connectivity index (χ0v) is 10.7. The Labute approximate surface area is 111 Å². The van der Waals surface area contributed by atoms with Crippen LogP contribution in [0, 0.1) is 0 Å². The molecule has 0 saturated heterocycles. The van der Waals surface area contributed by atoms with Crippen LogP contribution in [-0.2, 0) is 13.6 Å². The van der Waals surface area contributed by atoms with Gasteiger partial charge in [0, 0.05) is 43.2 Å². The third kappa shape index (κ3) is 2.49. The molecule has 2 aromatic heterocycles. The summed E-state index contributed by atoms with van der Waals surface area (Å²) in [5, 5.41) is 3.37. The summed E-state index contributed by atoms with van der Waals surface area (Å²) < 4.78 is 3.98. The van der Waals surface area contributed by atoms with Gasteiger partial charge in [-0.05, 0) is 18.2 Å². The number of aromatic nitrogens is 4. The van der Waals surface area contributed by atoms with Gasteiger partial charge in [0.15, 0.2) is 0 Å². The van der Waals surface area contributed by atoms with Gasteiger partial charge < -0.3 is 14.5 Å². The monoisotopic (exact) mass is 253 g/mol. The molecule has 0 radical (unpaired) electrons. The molecule has 0 aliphatic rings. The van der Waals surface area contributed by atoms with Crippen LogP contribution in [0.1, 0.15) is 5.82 Å². The lowest BCUT2D eigenvalue weighted by Gasteiger charge is -2.09. The maximum absolute atomic E-state index is 4.29. The van der Waals surface area contributed by atoms with Crippen LogP contribution >= 0.6 is 0 Å². The number of rotatable bonds is 4. The topological polar surface area (TPSA) is 47.7 Å². The molecule has 3 aromatic rings. The molecule has 3 rings (SSSR count). The average Bonchev–Trinajstić information content (AvgIpc) is 3.08. The largest absolute Gasteiger partial charge is 0.378 e. The molecule has 2 heterocycles. The highest BCUT2D eigenvalue weighted by Gasteiger charge is 2.00. The van der Waals surface area contributed by atoms with Crippen molar-refractivity contribution in [3.8, 4) is 5.69 Å². The fourth-order valence-electron chi connectivity index (χ4n) is 1.94. The molecule has 0 aliphatic heterocycles. The second kappa shape index (κ2) is 4.97. The van der Waals surface area contributed by atoms with Crippen LogP contribution < -0.4 is 5.32 Å². The average molecular weight is 253 g/mol. The van der Waals surface area contributed by atoms with E-state index in [-0.39, 0.29) is 0 Å². The number of hydrogen-bond donors (Lipinski definition) is 1. The minimum Gasteiger partial charge on any atom is -0.378 e. The number of hydrogen-bond acceptors (Lipinski definition) is 3. The summed E-state index contributed by atoms with van der Waals surface area (Å²) in [5.74, 6) is 1.01. The molecule has 19 heavy (non-hydrogen) atoms. The molecule has 0 amide bonds. The highest BCUT2D eigenvalue weighted by Crippen LogP contribution is 2.15. The van der Waals surface area contributed by atoms with Gasteiger partial charge in [0.05, 0.1) is 12.9 Å². The van der Waals surface area contributed by atoms with Crippen molar-refractivity contribution in [3.63, 3.8) is 0 Å². The summed E-state index contributed by atoms with van der Waals surface area (Å²) in [4.78, 5) is 8.34. The molecule has 0 bridgehead atoms. The summed E-state index contributed by atoms with van der Waals surface area (Å²) in [7, 11) is 1.99. The lowest BCUT2D eigenvalue weighted by Crippen LogP contribution is -2.05. The molecular formula is C14H15N5. The van der Waals surface area contributed by atoms with E-state index < -0.39 is 0 Å². The molecule has 1 aromatic carbocycles. The van der Waals surface area contributed by atoms with Crippen molar-refractivity contribution in [1.29, 1.82) is 0 Å². The van der Waals surface area contributed by atoms with Gasteiger partial charge in [-0.2, -0.15) is 0 Å². The van der Waals surface area contributed by atoms with Crippen molar-refractivity contribution in [2.24, 2.45) is 7.05 Å². The number of nitrogens with zero attached hydrogens (tertiary/aromatic N) is 4. The van der Waals surface area contributed by atoms with Gasteiger partial charge in [0.25, 0.3) is 0 Å². The fraction of sp³-hybridized carbons (Fsp3) is 0.143. The van der Waals surface area contributed by atoms with E-state index in [4.69, 9.17) is 0 Å². The molecule has 0 aliphatic carbocycles. The summed E-state index contributed by atoms with van der Waals surface area (Å²) in [5.41, 5.74) is 2.15. The van der Waals surface area contributed by atoms with Crippen molar-refractivity contribution in [3.05, 3.63) is 61.2 Å². The standard InChI is InChI=1S/C14H15N5/c1-18-7-6-16-14(18)10-17-12-3-2-4-13(9-12)19-8-5-15-11-19/h2-9,11,17H,10H2,1H3. The second-order valence-corrected chi connectivity index (χ2v) is 4.33. The van der Waals surface area contributed by atoms with Gasteiger partial charge in [-0.15, -0.1) is 0 Å². The first-order chi connectivity index (χ1) is 9.33. The maximum Gasteiger partial charge on any atom is 0.127 e. The van der Waals surface area contributed by atoms with E-state index in [0.717, 1.165) is 17.2 Å². The zero-order valence-electron chi connectivity index (χ0n) is 10.7. The molecule has 96 valence electrons. The number of anilines is 1. The van der Waals surface area contributed by atoms with E-state index in [1.54, 1.807) is 18.7 Å². The Morgan fingerprint density at radius 1 is 1.21 bits per heavy atom.